The minimum atomic E-state index is -3.81. The highest BCUT2D eigenvalue weighted by molar-refractivity contribution is 7.89. The maximum Gasteiger partial charge on any atom is 0.238 e. The maximum absolute atomic E-state index is 11.6. The highest BCUT2D eigenvalue weighted by Gasteiger charge is 2.22. The summed E-state index contributed by atoms with van der Waals surface area (Å²) in [5.41, 5.74) is 1.43. The normalized spacial score (nSPS) is 12.2. The second-order valence-electron chi connectivity index (χ2n) is 5.26. The van der Waals surface area contributed by atoms with E-state index in [0.717, 1.165) is 5.56 Å². The molecule has 0 bridgehead atoms. The second kappa shape index (κ2) is 4.71. The lowest BCUT2D eigenvalue weighted by Gasteiger charge is -2.21. The molecule has 0 radical (unpaired) electrons. The van der Waals surface area contributed by atoms with E-state index < -0.39 is 10.0 Å². The van der Waals surface area contributed by atoms with Crippen LogP contribution in [0, 0.1) is 11.3 Å². The second-order valence-corrected chi connectivity index (χ2v) is 6.79. The summed E-state index contributed by atoms with van der Waals surface area (Å²) in [4.78, 5) is 0.0639. The van der Waals surface area contributed by atoms with Crippen molar-refractivity contribution in [3.05, 3.63) is 28.8 Å². The molecule has 0 fully saturated rings. The highest BCUT2D eigenvalue weighted by Crippen LogP contribution is 2.29. The van der Waals surface area contributed by atoms with E-state index in [4.69, 9.17) is 10.4 Å². The van der Waals surface area contributed by atoms with E-state index in [-0.39, 0.29) is 10.3 Å². The van der Waals surface area contributed by atoms with Gasteiger partial charge in [-0.05, 0) is 35.1 Å². The van der Waals surface area contributed by atoms with Crippen molar-refractivity contribution in [2.75, 3.05) is 0 Å². The van der Waals surface area contributed by atoms with Gasteiger partial charge in [-0.2, -0.15) is 5.26 Å². The molecule has 0 amide bonds. The number of hydrogen-bond donors (Lipinski definition) is 1. The molecular formula is C13H18N2O2S. The molecule has 4 nitrogen and oxygen atoms in total. The van der Waals surface area contributed by atoms with Crippen LogP contribution in [-0.4, -0.2) is 8.42 Å². The van der Waals surface area contributed by atoms with Gasteiger partial charge in [0, 0.05) is 0 Å². The van der Waals surface area contributed by atoms with Gasteiger partial charge >= 0.3 is 0 Å². The van der Waals surface area contributed by atoms with Crippen LogP contribution >= 0.6 is 0 Å². The molecule has 5 heteroatoms. The van der Waals surface area contributed by atoms with Gasteiger partial charge < -0.3 is 0 Å². The summed E-state index contributed by atoms with van der Waals surface area (Å²) in [5.74, 6) is 0. The first-order valence-electron chi connectivity index (χ1n) is 5.71. The van der Waals surface area contributed by atoms with Gasteiger partial charge in [-0.1, -0.05) is 27.7 Å². The summed E-state index contributed by atoms with van der Waals surface area (Å²) in [6, 6.07) is 5.37. The van der Waals surface area contributed by atoms with Gasteiger partial charge in [0.25, 0.3) is 0 Å². The molecule has 0 aliphatic rings. The third-order valence-electron chi connectivity index (χ3n) is 2.86. The Morgan fingerprint density at radius 3 is 2.22 bits per heavy atom. The Morgan fingerprint density at radius 2 is 1.89 bits per heavy atom. The Labute approximate surface area is 108 Å². The van der Waals surface area contributed by atoms with E-state index in [2.05, 4.69) is 6.07 Å². The Kier molecular flexibility index (Phi) is 3.84. The number of rotatable bonds is 2. The van der Waals surface area contributed by atoms with Crippen molar-refractivity contribution in [2.24, 2.45) is 5.14 Å². The zero-order valence-corrected chi connectivity index (χ0v) is 11.9. The number of hydrogen-bond acceptors (Lipinski definition) is 3. The van der Waals surface area contributed by atoms with E-state index in [9.17, 15) is 8.42 Å². The smallest absolute Gasteiger partial charge is 0.225 e. The molecule has 98 valence electrons. The SMILES string of the molecule is CCc1c(C#N)cc(C(C)(C)C)cc1S(N)(=O)=O. The molecule has 0 saturated heterocycles. The molecule has 0 heterocycles. The lowest BCUT2D eigenvalue weighted by molar-refractivity contribution is 0.582. The van der Waals surface area contributed by atoms with Gasteiger partial charge in [0.1, 0.15) is 0 Å². The van der Waals surface area contributed by atoms with E-state index in [1.807, 2.05) is 27.7 Å². The summed E-state index contributed by atoms with van der Waals surface area (Å²) < 4.78 is 23.3. The van der Waals surface area contributed by atoms with Gasteiger partial charge in [0.15, 0.2) is 0 Å². The highest BCUT2D eigenvalue weighted by atomic mass is 32.2. The topological polar surface area (TPSA) is 83.9 Å². The maximum atomic E-state index is 11.6. The largest absolute Gasteiger partial charge is 0.238 e. The van der Waals surface area contributed by atoms with Crippen LogP contribution < -0.4 is 5.14 Å². The van der Waals surface area contributed by atoms with Crippen LogP contribution in [-0.2, 0) is 21.9 Å². The summed E-state index contributed by atoms with van der Waals surface area (Å²) >= 11 is 0. The predicted molar refractivity (Wildman–Crippen MR) is 70.6 cm³/mol. The fourth-order valence-corrected chi connectivity index (χ4v) is 2.69. The molecule has 2 N–H and O–H groups in total. The lowest BCUT2D eigenvalue weighted by atomic mass is 9.85. The molecule has 18 heavy (non-hydrogen) atoms. The van der Waals surface area contributed by atoms with Gasteiger partial charge in [0.05, 0.1) is 16.5 Å². The van der Waals surface area contributed by atoms with Crippen LogP contribution in [0.3, 0.4) is 0 Å². The molecule has 0 saturated carbocycles. The molecule has 0 unspecified atom stereocenters. The number of nitriles is 1. The summed E-state index contributed by atoms with van der Waals surface area (Å²) in [6.45, 7) is 7.69. The van der Waals surface area contributed by atoms with Crippen molar-refractivity contribution in [1.82, 2.24) is 0 Å². The fraction of sp³-hybridized carbons (Fsp3) is 0.462. The van der Waals surface area contributed by atoms with Crippen LogP contribution in [0.5, 0.6) is 0 Å². The number of primary sulfonamides is 1. The minimum absolute atomic E-state index is 0.0639. The third kappa shape index (κ3) is 2.89. The quantitative estimate of drug-likeness (QED) is 0.889. The number of nitrogens with two attached hydrogens (primary N) is 1. The summed E-state index contributed by atoms with van der Waals surface area (Å²) in [5, 5.41) is 14.4. The van der Waals surface area contributed by atoms with E-state index in [0.29, 0.717) is 17.5 Å². The van der Waals surface area contributed by atoms with Crippen molar-refractivity contribution in [2.45, 2.75) is 44.4 Å². The van der Waals surface area contributed by atoms with E-state index in [1.54, 1.807) is 12.1 Å². The average molecular weight is 266 g/mol. The molecule has 0 aromatic heterocycles. The van der Waals surface area contributed by atoms with Gasteiger partial charge in [-0.15, -0.1) is 0 Å². The van der Waals surface area contributed by atoms with Crippen molar-refractivity contribution in [3.8, 4) is 6.07 Å². The van der Waals surface area contributed by atoms with Crippen molar-refractivity contribution < 1.29 is 8.42 Å². The van der Waals surface area contributed by atoms with Crippen molar-refractivity contribution in [1.29, 1.82) is 5.26 Å². The Balaban J connectivity index is 3.75. The number of benzene rings is 1. The first kappa shape index (κ1) is 14.7. The molecule has 1 aromatic carbocycles. The van der Waals surface area contributed by atoms with Gasteiger partial charge in [-0.25, -0.2) is 13.6 Å². The zero-order chi connectivity index (χ0) is 14.1. The number of sulfonamides is 1. The van der Waals surface area contributed by atoms with Crippen LogP contribution in [0.1, 0.15) is 44.4 Å². The first-order valence-corrected chi connectivity index (χ1v) is 7.26. The molecule has 0 aliphatic carbocycles. The Morgan fingerprint density at radius 1 is 1.33 bits per heavy atom. The average Bonchev–Trinajstić information content (AvgIpc) is 2.24. The van der Waals surface area contributed by atoms with E-state index >= 15 is 0 Å². The first-order chi connectivity index (χ1) is 8.11. The van der Waals surface area contributed by atoms with Gasteiger partial charge in [-0.3, -0.25) is 0 Å². The molecule has 1 rings (SSSR count). The standard InChI is InChI=1S/C13H18N2O2S/c1-5-11-9(8-14)6-10(13(2,3)4)7-12(11)18(15,16)17/h6-7H,5H2,1-4H3,(H2,15,16,17). The molecule has 0 spiro atoms. The molecule has 1 aromatic rings. The number of nitrogens with zero attached hydrogens (tertiary/aromatic N) is 1. The zero-order valence-electron chi connectivity index (χ0n) is 11.1. The molecule has 0 atom stereocenters. The minimum Gasteiger partial charge on any atom is -0.225 e. The molecule has 0 aliphatic heterocycles. The van der Waals surface area contributed by atoms with E-state index in [1.165, 1.54) is 0 Å². The van der Waals surface area contributed by atoms with Crippen LogP contribution in [0.4, 0.5) is 0 Å². The predicted octanol–water partition coefficient (Wildman–Crippen LogP) is 2.07. The van der Waals surface area contributed by atoms with Crippen LogP contribution in [0.15, 0.2) is 17.0 Å². The van der Waals surface area contributed by atoms with Crippen molar-refractivity contribution >= 4 is 10.0 Å². The monoisotopic (exact) mass is 266 g/mol. The lowest BCUT2D eigenvalue weighted by Crippen LogP contribution is -2.19. The summed E-state index contributed by atoms with van der Waals surface area (Å²) in [7, 11) is -3.81. The Hall–Kier alpha value is -1.38. The third-order valence-corrected chi connectivity index (χ3v) is 3.83. The summed E-state index contributed by atoms with van der Waals surface area (Å²) in [6.07, 6.45) is 0.457. The van der Waals surface area contributed by atoms with Gasteiger partial charge in [0.2, 0.25) is 10.0 Å². The van der Waals surface area contributed by atoms with Crippen molar-refractivity contribution in [3.63, 3.8) is 0 Å². The Bertz CT molecular complexity index is 605. The van der Waals surface area contributed by atoms with Crippen LogP contribution in [0.25, 0.3) is 0 Å². The molecular weight excluding hydrogens is 248 g/mol. The fourth-order valence-electron chi connectivity index (χ4n) is 1.80. The van der Waals surface area contributed by atoms with Crippen LogP contribution in [0.2, 0.25) is 0 Å².